The molecule has 2 saturated heterocycles. The van der Waals surface area contributed by atoms with E-state index in [-0.39, 0.29) is 28.5 Å². The number of amides is 1. The predicted molar refractivity (Wildman–Crippen MR) is 162 cm³/mol. The number of hydrogen-bond donors (Lipinski definition) is 2. The normalized spacial score (nSPS) is 17.3. The van der Waals surface area contributed by atoms with Crippen molar-refractivity contribution in [2.75, 3.05) is 39.3 Å². The number of aromatic amines is 1. The molecule has 2 fully saturated rings. The molecule has 0 spiro atoms. The second-order valence-corrected chi connectivity index (χ2v) is 13.4. The average Bonchev–Trinajstić information content (AvgIpc) is 2.93. The zero-order chi connectivity index (χ0) is 30.7. The van der Waals surface area contributed by atoms with Crippen molar-refractivity contribution in [2.45, 2.75) is 43.3 Å². The van der Waals surface area contributed by atoms with E-state index in [1.165, 1.54) is 35.6 Å². The van der Waals surface area contributed by atoms with E-state index in [0.717, 1.165) is 19.3 Å². The van der Waals surface area contributed by atoms with Gasteiger partial charge >= 0.3 is 5.97 Å². The molecule has 2 aliphatic rings. The highest BCUT2D eigenvalue weighted by Gasteiger charge is 2.30. The van der Waals surface area contributed by atoms with Crippen LogP contribution in [0, 0.1) is 0 Å². The Bertz CT molecular complexity index is 1690. The fourth-order valence-corrected chi connectivity index (χ4v) is 7.02. The number of sulfonamides is 1. The molecular weight excluding hydrogens is 619 g/mol. The van der Waals surface area contributed by atoms with E-state index in [9.17, 15) is 22.8 Å². The number of nitrogens with one attached hydrogen (secondary N) is 2. The fourth-order valence-electron chi connectivity index (χ4n) is 5.18. The van der Waals surface area contributed by atoms with Crippen LogP contribution in [0.25, 0.3) is 10.8 Å². The second kappa shape index (κ2) is 13.2. The zero-order valence-electron chi connectivity index (χ0n) is 23.5. The van der Waals surface area contributed by atoms with E-state index in [4.69, 9.17) is 32.7 Å². The van der Waals surface area contributed by atoms with Crippen LogP contribution in [0.15, 0.2) is 52.3 Å². The summed E-state index contributed by atoms with van der Waals surface area (Å²) in [5.41, 5.74) is -0.333. The molecule has 11 nitrogen and oxygen atoms in total. The van der Waals surface area contributed by atoms with Crippen molar-refractivity contribution in [1.29, 1.82) is 0 Å². The van der Waals surface area contributed by atoms with Crippen LogP contribution in [0.1, 0.15) is 36.5 Å². The topological polar surface area (TPSA) is 138 Å². The van der Waals surface area contributed by atoms with Crippen molar-refractivity contribution in [2.24, 2.45) is 0 Å². The molecule has 2 aromatic carbocycles. The van der Waals surface area contributed by atoms with Crippen LogP contribution in [0.3, 0.4) is 0 Å². The number of ether oxygens (including phenoxy) is 2. The number of esters is 1. The molecule has 1 amide bonds. The summed E-state index contributed by atoms with van der Waals surface area (Å²) in [5, 5.41) is 4.10. The van der Waals surface area contributed by atoms with Crippen LogP contribution >= 0.6 is 23.2 Å². The van der Waals surface area contributed by atoms with Gasteiger partial charge in [0.05, 0.1) is 27.0 Å². The molecule has 1 unspecified atom stereocenters. The minimum atomic E-state index is -3.70. The zero-order valence-corrected chi connectivity index (χ0v) is 25.8. The van der Waals surface area contributed by atoms with E-state index in [2.05, 4.69) is 15.2 Å². The number of carbonyl (C=O) groups excluding carboxylic acids is 2. The summed E-state index contributed by atoms with van der Waals surface area (Å²) >= 11 is 12.1. The maximum Gasteiger partial charge on any atom is 0.303 e. The van der Waals surface area contributed by atoms with Gasteiger partial charge in [-0.15, -0.1) is 0 Å². The van der Waals surface area contributed by atoms with Gasteiger partial charge in [-0.25, -0.2) is 8.42 Å². The smallest absolute Gasteiger partial charge is 0.303 e. The summed E-state index contributed by atoms with van der Waals surface area (Å²) < 4.78 is 38.5. The number of carbonyl (C=O) groups is 2. The number of pyridine rings is 1. The Labute approximate surface area is 259 Å². The van der Waals surface area contributed by atoms with Crippen LogP contribution in [0.4, 0.5) is 0 Å². The quantitative estimate of drug-likeness (QED) is 0.318. The van der Waals surface area contributed by atoms with Crippen molar-refractivity contribution in [3.05, 3.63) is 68.6 Å². The van der Waals surface area contributed by atoms with Gasteiger partial charge in [0, 0.05) is 62.7 Å². The first-order valence-corrected chi connectivity index (χ1v) is 16.2. The fraction of sp³-hybridized carbons (Fsp3) is 0.414. The number of benzene rings is 2. The molecule has 5 rings (SSSR count). The Morgan fingerprint density at radius 2 is 1.79 bits per heavy atom. The van der Waals surface area contributed by atoms with Gasteiger partial charge in [0.2, 0.25) is 10.0 Å². The molecule has 1 aromatic heterocycles. The maximum absolute atomic E-state index is 13.2. The van der Waals surface area contributed by atoms with Crippen LogP contribution in [0.2, 0.25) is 10.0 Å². The van der Waals surface area contributed by atoms with Crippen LogP contribution in [-0.4, -0.2) is 86.0 Å². The largest absolute Gasteiger partial charge is 0.490 e. The molecule has 3 aromatic rings. The van der Waals surface area contributed by atoms with E-state index in [1.807, 2.05) is 0 Å². The van der Waals surface area contributed by atoms with E-state index >= 15 is 0 Å². The van der Waals surface area contributed by atoms with Crippen molar-refractivity contribution >= 4 is 55.9 Å². The standard InChI is InChI=1S/C29H32Cl2N4O7S/c1-18(36)41-21(17-34-11-7-19(8-12-34)42-20-3-6-26(30)27(31)13-20)15-32-29(38)25-16-33-28(37)24-14-22(4-5-23(24)25)43(39,40)35-9-2-10-35/h3-6,13-14,16,19,21H,2,7-12,15,17H2,1H3,(H,32,38)(H,33,37). The molecule has 0 aliphatic carbocycles. The van der Waals surface area contributed by atoms with Crippen molar-refractivity contribution < 1.29 is 27.5 Å². The molecule has 2 N–H and O–H groups in total. The first kappa shape index (κ1) is 31.3. The summed E-state index contributed by atoms with van der Waals surface area (Å²) in [6.07, 6.45) is 2.96. The number of piperidine rings is 1. The number of aromatic nitrogens is 1. The number of H-pyrrole nitrogens is 1. The first-order valence-electron chi connectivity index (χ1n) is 14.0. The van der Waals surface area contributed by atoms with Gasteiger partial charge in [0.25, 0.3) is 11.5 Å². The van der Waals surface area contributed by atoms with Crippen LogP contribution in [-0.2, 0) is 19.6 Å². The summed E-state index contributed by atoms with van der Waals surface area (Å²) in [4.78, 5) is 42.3. The van der Waals surface area contributed by atoms with E-state index < -0.39 is 33.6 Å². The van der Waals surface area contributed by atoms with Gasteiger partial charge in [-0.05, 0) is 43.5 Å². The number of halogens is 2. The lowest BCUT2D eigenvalue weighted by molar-refractivity contribution is -0.147. The first-order chi connectivity index (χ1) is 20.5. The Balaban J connectivity index is 1.21. The predicted octanol–water partition coefficient (Wildman–Crippen LogP) is 3.43. The highest BCUT2D eigenvalue weighted by molar-refractivity contribution is 7.89. The number of fused-ring (bicyclic) bond motifs is 1. The SMILES string of the molecule is CC(=O)OC(CNC(=O)c1c[nH]c(=O)c2cc(S(=O)(=O)N3CCC3)ccc12)CN1CCC(Oc2ccc(Cl)c(Cl)c2)CC1. The van der Waals surface area contributed by atoms with Gasteiger partial charge in [-0.3, -0.25) is 19.3 Å². The van der Waals surface area contributed by atoms with Gasteiger partial charge in [0.1, 0.15) is 18.0 Å². The molecule has 1 atom stereocenters. The third-order valence-corrected chi connectivity index (χ3v) is 10.2. The van der Waals surface area contributed by atoms with Gasteiger partial charge in [-0.2, -0.15) is 4.31 Å². The highest BCUT2D eigenvalue weighted by atomic mass is 35.5. The molecule has 14 heteroatoms. The Hall–Kier alpha value is -3.16. The minimum Gasteiger partial charge on any atom is -0.490 e. The summed E-state index contributed by atoms with van der Waals surface area (Å²) in [7, 11) is -3.70. The summed E-state index contributed by atoms with van der Waals surface area (Å²) in [5.74, 6) is -0.315. The number of likely N-dealkylation sites (tertiary alicyclic amines) is 1. The molecular formula is C29H32Cl2N4O7S. The van der Waals surface area contributed by atoms with E-state index in [1.54, 1.807) is 18.2 Å². The molecule has 2 aliphatic heterocycles. The highest BCUT2D eigenvalue weighted by Crippen LogP contribution is 2.28. The number of hydrogen-bond acceptors (Lipinski definition) is 8. The lowest BCUT2D eigenvalue weighted by Gasteiger charge is -2.34. The molecule has 3 heterocycles. The number of nitrogens with zero attached hydrogens (tertiary/aromatic N) is 2. The van der Waals surface area contributed by atoms with Crippen molar-refractivity contribution in [3.63, 3.8) is 0 Å². The molecule has 230 valence electrons. The third kappa shape index (κ3) is 7.32. The molecule has 43 heavy (non-hydrogen) atoms. The van der Waals surface area contributed by atoms with Gasteiger partial charge in [0.15, 0.2) is 0 Å². The minimum absolute atomic E-state index is 0.00353. The average molecular weight is 652 g/mol. The number of rotatable bonds is 10. The van der Waals surface area contributed by atoms with Crippen molar-refractivity contribution in [3.8, 4) is 5.75 Å². The summed E-state index contributed by atoms with van der Waals surface area (Å²) in [6.45, 7) is 4.03. The Kier molecular flexibility index (Phi) is 9.62. The third-order valence-electron chi connectivity index (χ3n) is 7.58. The molecule has 0 bridgehead atoms. The summed E-state index contributed by atoms with van der Waals surface area (Å²) in [6, 6.07) is 9.34. The van der Waals surface area contributed by atoms with Crippen molar-refractivity contribution in [1.82, 2.24) is 19.5 Å². The van der Waals surface area contributed by atoms with Crippen LogP contribution in [0.5, 0.6) is 5.75 Å². The van der Waals surface area contributed by atoms with E-state index in [0.29, 0.717) is 53.9 Å². The van der Waals surface area contributed by atoms with Gasteiger partial charge < -0.3 is 19.8 Å². The monoisotopic (exact) mass is 650 g/mol. The lowest BCUT2D eigenvalue weighted by Crippen LogP contribution is -2.46. The van der Waals surface area contributed by atoms with Gasteiger partial charge in [-0.1, -0.05) is 29.3 Å². The second-order valence-electron chi connectivity index (χ2n) is 10.6. The van der Waals surface area contributed by atoms with Crippen LogP contribution < -0.4 is 15.6 Å². The Morgan fingerprint density at radius 1 is 1.05 bits per heavy atom. The molecule has 0 radical (unpaired) electrons. The Morgan fingerprint density at radius 3 is 2.44 bits per heavy atom. The molecule has 0 saturated carbocycles. The maximum atomic E-state index is 13.2. The lowest BCUT2D eigenvalue weighted by atomic mass is 10.1.